The van der Waals surface area contributed by atoms with Crippen molar-refractivity contribution in [2.24, 2.45) is 5.73 Å². The van der Waals surface area contributed by atoms with Gasteiger partial charge in [0.2, 0.25) is 0 Å². The number of hydrogen-bond acceptors (Lipinski definition) is 1. The first-order valence-corrected chi connectivity index (χ1v) is 4.23. The monoisotopic (exact) mass is 178 g/mol. The molecule has 0 unspecified atom stereocenters. The van der Waals surface area contributed by atoms with Crippen molar-refractivity contribution in [1.82, 2.24) is 0 Å². The van der Waals surface area contributed by atoms with E-state index >= 15 is 0 Å². The van der Waals surface area contributed by atoms with Gasteiger partial charge < -0.3 is 5.73 Å². The van der Waals surface area contributed by atoms with Gasteiger partial charge in [-0.15, -0.1) is 0 Å². The Hall–Kier alpha value is -0.790. The van der Waals surface area contributed by atoms with Gasteiger partial charge in [-0.1, -0.05) is 41.9 Å². The van der Waals surface area contributed by atoms with Crippen molar-refractivity contribution in [3.63, 3.8) is 0 Å². The third-order valence-corrected chi connectivity index (χ3v) is 2.39. The smallest absolute Gasteiger partial charge is 0.0679 e. The van der Waals surface area contributed by atoms with E-state index in [1.54, 1.807) is 0 Å². The van der Waals surface area contributed by atoms with Crippen molar-refractivity contribution in [3.8, 4) is 0 Å². The highest BCUT2D eigenvalue weighted by atomic mass is 35.5. The van der Waals surface area contributed by atoms with Crippen molar-refractivity contribution < 1.29 is 0 Å². The Bertz CT molecular complexity index is 330. The molecule has 0 amide bonds. The molecular formula is C10H9ClN. The highest BCUT2D eigenvalue weighted by Gasteiger charge is 2.16. The zero-order valence-electron chi connectivity index (χ0n) is 6.55. The Morgan fingerprint density at radius 1 is 1.17 bits per heavy atom. The summed E-state index contributed by atoms with van der Waals surface area (Å²) in [6, 6.07) is 8.82. The highest BCUT2D eigenvalue weighted by Crippen LogP contribution is 2.32. The second-order valence-corrected chi connectivity index (χ2v) is 3.23. The van der Waals surface area contributed by atoms with Crippen molar-refractivity contribution in [3.05, 3.63) is 47.5 Å². The summed E-state index contributed by atoms with van der Waals surface area (Å²) in [6.07, 6.45) is 2.70. The normalized spacial score (nSPS) is 17.0. The Balaban J connectivity index is 2.58. The summed E-state index contributed by atoms with van der Waals surface area (Å²) >= 11 is 6.00. The first kappa shape index (κ1) is 7.84. The molecule has 2 rings (SSSR count). The van der Waals surface area contributed by atoms with Crippen LogP contribution in [0.15, 0.2) is 30.3 Å². The second kappa shape index (κ2) is 2.92. The van der Waals surface area contributed by atoms with Gasteiger partial charge in [-0.2, -0.15) is 0 Å². The molecule has 1 aliphatic rings. The van der Waals surface area contributed by atoms with E-state index in [4.69, 9.17) is 17.3 Å². The van der Waals surface area contributed by atoms with Crippen LogP contribution in [0.25, 0.3) is 5.03 Å². The third-order valence-electron chi connectivity index (χ3n) is 2.03. The lowest BCUT2D eigenvalue weighted by atomic mass is 9.93. The van der Waals surface area contributed by atoms with Crippen LogP contribution in [-0.4, -0.2) is 0 Å². The number of rotatable bonds is 0. The standard InChI is InChI=1S/C10H9ClN/c11-9-5-6-10(12)8-4-2-1-3-7(8)9/h1-5H,6,12H2. The van der Waals surface area contributed by atoms with E-state index in [0.717, 1.165) is 28.6 Å². The van der Waals surface area contributed by atoms with Crippen LogP contribution in [0, 0.1) is 6.04 Å². The molecule has 0 heterocycles. The van der Waals surface area contributed by atoms with Gasteiger partial charge in [-0.05, 0) is 17.5 Å². The minimum Gasteiger partial charge on any atom is -0.319 e. The quantitative estimate of drug-likeness (QED) is 0.649. The van der Waals surface area contributed by atoms with Gasteiger partial charge in [0.15, 0.2) is 0 Å². The molecule has 1 aromatic rings. The predicted molar refractivity (Wildman–Crippen MR) is 51.4 cm³/mol. The van der Waals surface area contributed by atoms with Crippen molar-refractivity contribution in [2.45, 2.75) is 6.42 Å². The fraction of sp³-hybridized carbons (Fsp3) is 0.100. The number of hydrogen-bond donors (Lipinski definition) is 1. The fourth-order valence-electron chi connectivity index (χ4n) is 1.39. The van der Waals surface area contributed by atoms with Gasteiger partial charge in [-0.3, -0.25) is 0 Å². The summed E-state index contributed by atoms with van der Waals surface area (Å²) in [4.78, 5) is 0. The minimum absolute atomic E-state index is 0.760. The maximum atomic E-state index is 6.00. The third kappa shape index (κ3) is 1.15. The van der Waals surface area contributed by atoms with Crippen molar-refractivity contribution in [2.75, 3.05) is 0 Å². The molecule has 0 bridgehead atoms. The Kier molecular flexibility index (Phi) is 1.91. The van der Waals surface area contributed by atoms with E-state index in [-0.39, 0.29) is 0 Å². The molecule has 61 valence electrons. The molecule has 1 aliphatic carbocycles. The molecule has 0 saturated heterocycles. The van der Waals surface area contributed by atoms with Crippen LogP contribution in [-0.2, 0) is 0 Å². The number of fused-ring (bicyclic) bond motifs is 1. The van der Waals surface area contributed by atoms with Crippen molar-refractivity contribution >= 4 is 16.6 Å². The summed E-state index contributed by atoms with van der Waals surface area (Å²) in [7, 11) is 0. The Morgan fingerprint density at radius 2 is 1.83 bits per heavy atom. The molecule has 2 heteroatoms. The van der Waals surface area contributed by atoms with Gasteiger partial charge in [0.25, 0.3) is 0 Å². The van der Waals surface area contributed by atoms with E-state index in [0.29, 0.717) is 0 Å². The molecule has 1 radical (unpaired) electrons. The van der Waals surface area contributed by atoms with Gasteiger partial charge in [0.1, 0.15) is 0 Å². The molecule has 1 nitrogen and oxygen atoms in total. The molecule has 0 atom stereocenters. The minimum atomic E-state index is 0.760. The average Bonchev–Trinajstić information content (AvgIpc) is 2.12. The molecule has 0 saturated carbocycles. The largest absolute Gasteiger partial charge is 0.319 e. The molecule has 12 heavy (non-hydrogen) atoms. The molecule has 2 N–H and O–H groups in total. The van der Waals surface area contributed by atoms with Crippen LogP contribution < -0.4 is 5.73 Å². The summed E-state index contributed by atoms with van der Waals surface area (Å²) < 4.78 is 0. The number of nitrogens with two attached hydrogens (primary N) is 1. The van der Waals surface area contributed by atoms with Crippen LogP contribution >= 0.6 is 11.6 Å². The van der Waals surface area contributed by atoms with Gasteiger partial charge in [0.05, 0.1) is 6.04 Å². The second-order valence-electron chi connectivity index (χ2n) is 2.83. The first-order valence-electron chi connectivity index (χ1n) is 3.86. The predicted octanol–water partition coefficient (Wildman–Crippen LogP) is 2.51. The fourth-order valence-corrected chi connectivity index (χ4v) is 1.63. The lowest BCUT2D eigenvalue weighted by molar-refractivity contribution is 0.975. The zero-order valence-corrected chi connectivity index (χ0v) is 7.31. The van der Waals surface area contributed by atoms with Crippen LogP contribution in [0.4, 0.5) is 0 Å². The van der Waals surface area contributed by atoms with Crippen LogP contribution in [0.2, 0.25) is 0 Å². The first-order chi connectivity index (χ1) is 5.79. The summed E-state index contributed by atoms with van der Waals surface area (Å²) in [5, 5.41) is 0.805. The summed E-state index contributed by atoms with van der Waals surface area (Å²) in [5.74, 6) is 0. The van der Waals surface area contributed by atoms with Gasteiger partial charge in [0, 0.05) is 5.03 Å². The van der Waals surface area contributed by atoms with Crippen molar-refractivity contribution in [1.29, 1.82) is 0 Å². The highest BCUT2D eigenvalue weighted by molar-refractivity contribution is 6.49. The molecule has 0 spiro atoms. The van der Waals surface area contributed by atoms with Gasteiger partial charge in [-0.25, -0.2) is 0 Å². The van der Waals surface area contributed by atoms with Crippen LogP contribution in [0.3, 0.4) is 0 Å². The maximum Gasteiger partial charge on any atom is 0.0679 e. The maximum absolute atomic E-state index is 6.00. The molecule has 0 aliphatic heterocycles. The lowest BCUT2D eigenvalue weighted by Crippen LogP contribution is -2.14. The lowest BCUT2D eigenvalue weighted by Gasteiger charge is -2.18. The molecule has 1 aromatic carbocycles. The Morgan fingerprint density at radius 3 is 2.50 bits per heavy atom. The molecular weight excluding hydrogens is 170 g/mol. The number of halogens is 1. The van der Waals surface area contributed by atoms with E-state index < -0.39 is 0 Å². The SMILES string of the molecule is N[C]1CC=C(Cl)c2ccccc21. The van der Waals surface area contributed by atoms with E-state index in [2.05, 4.69) is 0 Å². The number of benzene rings is 1. The van der Waals surface area contributed by atoms with Crippen LogP contribution in [0.1, 0.15) is 17.5 Å². The topological polar surface area (TPSA) is 26.0 Å². The summed E-state index contributed by atoms with van der Waals surface area (Å²) in [6.45, 7) is 0. The average molecular weight is 179 g/mol. The van der Waals surface area contributed by atoms with Crippen LogP contribution in [0.5, 0.6) is 0 Å². The van der Waals surface area contributed by atoms with E-state index in [1.165, 1.54) is 0 Å². The van der Waals surface area contributed by atoms with E-state index in [9.17, 15) is 0 Å². The van der Waals surface area contributed by atoms with E-state index in [1.807, 2.05) is 30.3 Å². The Labute approximate surface area is 76.8 Å². The molecule has 0 aromatic heterocycles. The summed E-state index contributed by atoms with van der Waals surface area (Å²) in [5.41, 5.74) is 7.94. The van der Waals surface area contributed by atoms with Gasteiger partial charge >= 0.3 is 0 Å². The zero-order chi connectivity index (χ0) is 8.55. The molecule has 0 fully saturated rings.